The smallest absolute Gasteiger partial charge is 0.174 e. The Morgan fingerprint density at radius 2 is 1.57 bits per heavy atom. The SMILES string of the molecule is COc1cc2c(c(OC)c1CCC(C)(C)O)C(=O)C[C@@H](c1ccc(OC)c(OC)c1CC=C(C)CCCC(C)(C)O)O2. The molecule has 1 aliphatic rings. The number of Topliss-reactive ketones (excluding diaryl/α,β-unsaturated/α-hetero) is 1. The van der Waals surface area contributed by atoms with Crippen molar-refractivity contribution in [2.24, 2.45) is 0 Å². The lowest BCUT2D eigenvalue weighted by atomic mass is 9.88. The van der Waals surface area contributed by atoms with Gasteiger partial charge in [-0.3, -0.25) is 4.79 Å². The molecule has 0 saturated heterocycles. The van der Waals surface area contributed by atoms with E-state index in [1.807, 2.05) is 26.0 Å². The summed E-state index contributed by atoms with van der Waals surface area (Å²) in [5, 5.41) is 20.4. The van der Waals surface area contributed by atoms with Crippen molar-refractivity contribution in [1.82, 2.24) is 0 Å². The number of fused-ring (bicyclic) bond motifs is 1. The first-order chi connectivity index (χ1) is 19.7. The van der Waals surface area contributed by atoms with E-state index < -0.39 is 17.3 Å². The molecule has 0 aromatic heterocycles. The molecule has 0 bridgehead atoms. The van der Waals surface area contributed by atoms with Gasteiger partial charge in [0.1, 0.15) is 28.9 Å². The largest absolute Gasteiger partial charge is 0.496 e. The van der Waals surface area contributed by atoms with Gasteiger partial charge in [0.25, 0.3) is 0 Å². The zero-order valence-corrected chi connectivity index (χ0v) is 26.7. The van der Waals surface area contributed by atoms with Crippen LogP contribution in [-0.4, -0.2) is 55.6 Å². The third-order valence-corrected chi connectivity index (χ3v) is 7.68. The first-order valence-electron chi connectivity index (χ1n) is 14.5. The molecule has 0 unspecified atom stereocenters. The minimum atomic E-state index is -0.885. The number of aliphatic hydroxyl groups is 2. The molecule has 0 amide bonds. The third-order valence-electron chi connectivity index (χ3n) is 7.68. The number of allylic oxidation sites excluding steroid dienone is 2. The highest BCUT2D eigenvalue weighted by Gasteiger charge is 2.35. The van der Waals surface area contributed by atoms with Crippen LogP contribution in [0.1, 0.15) is 99.9 Å². The van der Waals surface area contributed by atoms with Crippen LogP contribution in [0.5, 0.6) is 28.7 Å². The molecule has 0 fully saturated rings. The Kier molecular flexibility index (Phi) is 11.0. The van der Waals surface area contributed by atoms with E-state index in [0.29, 0.717) is 53.6 Å². The molecule has 0 spiro atoms. The Morgan fingerprint density at radius 3 is 2.14 bits per heavy atom. The van der Waals surface area contributed by atoms with E-state index in [1.165, 1.54) is 12.7 Å². The van der Waals surface area contributed by atoms with Gasteiger partial charge in [-0.15, -0.1) is 0 Å². The van der Waals surface area contributed by atoms with Gasteiger partial charge in [-0.25, -0.2) is 0 Å². The average molecular weight is 585 g/mol. The van der Waals surface area contributed by atoms with Gasteiger partial charge in [0.15, 0.2) is 17.3 Å². The molecule has 1 aliphatic heterocycles. The first-order valence-corrected chi connectivity index (χ1v) is 14.5. The number of carbonyl (C=O) groups is 1. The van der Waals surface area contributed by atoms with Gasteiger partial charge in [0.2, 0.25) is 0 Å². The molecule has 42 heavy (non-hydrogen) atoms. The minimum absolute atomic E-state index is 0.0932. The van der Waals surface area contributed by atoms with Gasteiger partial charge in [-0.05, 0) is 79.2 Å². The second-order valence-electron chi connectivity index (χ2n) is 12.3. The summed E-state index contributed by atoms with van der Waals surface area (Å²) in [6.45, 7) is 9.23. The Hall–Kier alpha value is -3.23. The van der Waals surface area contributed by atoms with E-state index in [1.54, 1.807) is 41.2 Å². The van der Waals surface area contributed by atoms with Crippen molar-refractivity contribution >= 4 is 5.78 Å². The van der Waals surface area contributed by atoms with Crippen LogP contribution < -0.4 is 23.7 Å². The fourth-order valence-electron chi connectivity index (χ4n) is 5.42. The minimum Gasteiger partial charge on any atom is -0.496 e. The van der Waals surface area contributed by atoms with Gasteiger partial charge < -0.3 is 33.9 Å². The van der Waals surface area contributed by atoms with Crippen LogP contribution in [0, 0.1) is 0 Å². The summed E-state index contributed by atoms with van der Waals surface area (Å²) in [5.74, 6) is 2.48. The second-order valence-corrected chi connectivity index (χ2v) is 12.3. The van der Waals surface area contributed by atoms with Gasteiger partial charge in [0, 0.05) is 22.8 Å². The maximum Gasteiger partial charge on any atom is 0.174 e. The van der Waals surface area contributed by atoms with Crippen LogP contribution in [-0.2, 0) is 12.8 Å². The normalized spacial score (nSPS) is 15.6. The fraction of sp³-hybridized carbons (Fsp3) is 0.559. The Morgan fingerprint density at radius 1 is 0.929 bits per heavy atom. The Balaban J connectivity index is 2.01. The van der Waals surface area contributed by atoms with E-state index >= 15 is 0 Å². The highest BCUT2D eigenvalue weighted by molar-refractivity contribution is 6.03. The van der Waals surface area contributed by atoms with Crippen LogP contribution in [0.15, 0.2) is 29.8 Å². The van der Waals surface area contributed by atoms with Gasteiger partial charge >= 0.3 is 0 Å². The Bertz CT molecular complexity index is 1280. The number of benzene rings is 2. The van der Waals surface area contributed by atoms with Crippen LogP contribution in [0.4, 0.5) is 0 Å². The van der Waals surface area contributed by atoms with Crippen LogP contribution in [0.3, 0.4) is 0 Å². The topological polar surface area (TPSA) is 104 Å². The van der Waals surface area contributed by atoms with Crippen LogP contribution in [0.2, 0.25) is 0 Å². The summed E-state index contributed by atoms with van der Waals surface area (Å²) in [4.78, 5) is 13.7. The quantitative estimate of drug-likeness (QED) is 0.241. The molecule has 0 radical (unpaired) electrons. The summed E-state index contributed by atoms with van der Waals surface area (Å²) in [7, 11) is 6.31. The maximum absolute atomic E-state index is 13.7. The maximum atomic E-state index is 13.7. The third kappa shape index (κ3) is 8.19. The molecule has 2 aromatic carbocycles. The summed E-state index contributed by atoms with van der Waals surface area (Å²) in [5.41, 5.74) is 2.49. The molecule has 2 aromatic rings. The average Bonchev–Trinajstić information content (AvgIpc) is 2.92. The van der Waals surface area contributed by atoms with E-state index in [4.69, 9.17) is 23.7 Å². The number of hydrogen-bond donors (Lipinski definition) is 2. The Labute approximate surface area is 250 Å². The van der Waals surface area contributed by atoms with Crippen molar-refractivity contribution in [3.05, 3.63) is 52.1 Å². The van der Waals surface area contributed by atoms with Crippen molar-refractivity contribution in [3.63, 3.8) is 0 Å². The predicted molar refractivity (Wildman–Crippen MR) is 164 cm³/mol. The predicted octanol–water partition coefficient (Wildman–Crippen LogP) is 6.56. The molecular formula is C34H48O8. The summed E-state index contributed by atoms with van der Waals surface area (Å²) in [6.07, 6.45) is 5.70. The zero-order valence-electron chi connectivity index (χ0n) is 26.7. The van der Waals surface area contributed by atoms with E-state index in [-0.39, 0.29) is 12.2 Å². The second kappa shape index (κ2) is 13.8. The van der Waals surface area contributed by atoms with Crippen LogP contribution in [0.25, 0.3) is 0 Å². The molecule has 8 nitrogen and oxygen atoms in total. The lowest BCUT2D eigenvalue weighted by molar-refractivity contribution is 0.0687. The number of ketones is 1. The lowest BCUT2D eigenvalue weighted by Gasteiger charge is -2.30. The number of methoxy groups -OCH3 is 4. The molecule has 8 heteroatoms. The van der Waals surface area contributed by atoms with Crippen LogP contribution >= 0.6 is 0 Å². The molecular weight excluding hydrogens is 536 g/mol. The van der Waals surface area contributed by atoms with Crippen molar-refractivity contribution in [2.45, 2.75) is 96.9 Å². The molecule has 1 heterocycles. The summed E-state index contributed by atoms with van der Waals surface area (Å²) < 4.78 is 29.4. The van der Waals surface area contributed by atoms with Crippen molar-refractivity contribution in [2.75, 3.05) is 28.4 Å². The first kappa shape index (κ1) is 33.3. The van der Waals surface area contributed by atoms with Crippen molar-refractivity contribution < 1.29 is 38.7 Å². The lowest BCUT2D eigenvalue weighted by Crippen LogP contribution is -2.24. The van der Waals surface area contributed by atoms with E-state index in [2.05, 4.69) is 13.0 Å². The highest BCUT2D eigenvalue weighted by atomic mass is 16.5. The molecule has 0 aliphatic carbocycles. The number of ether oxygens (including phenoxy) is 5. The zero-order chi connectivity index (χ0) is 31.2. The number of hydrogen-bond acceptors (Lipinski definition) is 8. The molecule has 1 atom stereocenters. The summed E-state index contributed by atoms with van der Waals surface area (Å²) in [6, 6.07) is 5.51. The van der Waals surface area contributed by atoms with Gasteiger partial charge in [-0.2, -0.15) is 0 Å². The molecule has 0 saturated carbocycles. The monoisotopic (exact) mass is 584 g/mol. The number of carbonyl (C=O) groups excluding carboxylic acids is 1. The van der Waals surface area contributed by atoms with Gasteiger partial charge in [-0.1, -0.05) is 17.7 Å². The highest BCUT2D eigenvalue weighted by Crippen LogP contribution is 2.47. The van der Waals surface area contributed by atoms with Crippen molar-refractivity contribution in [1.29, 1.82) is 0 Å². The van der Waals surface area contributed by atoms with Crippen molar-refractivity contribution in [3.8, 4) is 28.7 Å². The standard InChI is InChI=1S/C34H48O8/c1-21(11-10-17-33(2,3)36)12-13-23-22(14-15-26(38-6)31(23)40-8)28-19-25(35)30-29(42-28)20-27(39-7)24(32(30)41-9)16-18-34(4,5)37/h12,14-15,20,28,36-37H,10-11,13,16-19H2,1-9H3/t28-/m0/s1. The molecule has 2 N–H and O–H groups in total. The van der Waals surface area contributed by atoms with Gasteiger partial charge in [0.05, 0.1) is 46.1 Å². The van der Waals surface area contributed by atoms with E-state index in [0.717, 1.165) is 36.0 Å². The molecule has 232 valence electrons. The number of rotatable bonds is 14. The summed E-state index contributed by atoms with van der Waals surface area (Å²) >= 11 is 0. The fourth-order valence-corrected chi connectivity index (χ4v) is 5.42. The molecule has 3 rings (SSSR count). The van der Waals surface area contributed by atoms with E-state index in [9.17, 15) is 15.0 Å².